The van der Waals surface area contributed by atoms with E-state index in [1.807, 2.05) is 0 Å². The summed E-state index contributed by atoms with van der Waals surface area (Å²) in [5.74, 6) is 0.529. The van der Waals surface area contributed by atoms with Crippen LogP contribution in [-0.2, 0) is 6.42 Å². The molecule has 0 amide bonds. The van der Waals surface area contributed by atoms with Crippen LogP contribution in [0.15, 0.2) is 3.79 Å². The third-order valence-corrected chi connectivity index (χ3v) is 3.48. The fraction of sp³-hybridized carbons (Fsp3) is 0.667. The van der Waals surface area contributed by atoms with Crippen molar-refractivity contribution in [2.45, 2.75) is 39.5 Å². The molecule has 12 heavy (non-hydrogen) atoms. The first-order chi connectivity index (χ1) is 5.65. The maximum Gasteiger partial charge on any atom is 0.0940 e. The van der Waals surface area contributed by atoms with Crippen molar-refractivity contribution in [1.82, 2.24) is 4.98 Å². The maximum atomic E-state index is 4.57. The number of hydrogen-bond acceptors (Lipinski definition) is 2. The maximum absolute atomic E-state index is 4.57. The molecule has 1 aromatic rings. The lowest BCUT2D eigenvalue weighted by molar-refractivity contribution is 0.808. The van der Waals surface area contributed by atoms with Crippen LogP contribution < -0.4 is 0 Å². The summed E-state index contributed by atoms with van der Waals surface area (Å²) in [6.07, 6.45) is 2.29. The number of nitrogens with zero attached hydrogens (tertiary/aromatic N) is 1. The van der Waals surface area contributed by atoms with Crippen LogP contribution >= 0.6 is 27.3 Å². The predicted molar refractivity (Wildman–Crippen MR) is 57.9 cm³/mol. The first-order valence-electron chi connectivity index (χ1n) is 4.30. The van der Waals surface area contributed by atoms with Gasteiger partial charge in [0.2, 0.25) is 0 Å². The van der Waals surface area contributed by atoms with E-state index < -0.39 is 0 Å². The minimum atomic E-state index is 0.529. The number of aromatic nitrogens is 1. The topological polar surface area (TPSA) is 12.9 Å². The Morgan fingerprint density at radius 2 is 2.17 bits per heavy atom. The van der Waals surface area contributed by atoms with Gasteiger partial charge in [-0.3, -0.25) is 0 Å². The second-order valence-electron chi connectivity index (χ2n) is 3.17. The van der Waals surface area contributed by atoms with E-state index in [4.69, 9.17) is 0 Å². The second-order valence-corrected chi connectivity index (χ2v) is 5.57. The normalized spacial score (nSPS) is 11.1. The van der Waals surface area contributed by atoms with E-state index in [0.29, 0.717) is 5.92 Å². The molecule has 1 nitrogen and oxygen atoms in total. The van der Waals surface area contributed by atoms with Gasteiger partial charge in [0, 0.05) is 0 Å². The molecule has 0 bridgehead atoms. The van der Waals surface area contributed by atoms with E-state index in [-0.39, 0.29) is 0 Å². The zero-order valence-corrected chi connectivity index (χ0v) is 10.1. The highest BCUT2D eigenvalue weighted by Gasteiger charge is 2.10. The van der Waals surface area contributed by atoms with Gasteiger partial charge in [-0.05, 0) is 34.7 Å². The molecule has 0 unspecified atom stereocenters. The molecule has 0 atom stereocenters. The summed E-state index contributed by atoms with van der Waals surface area (Å²) in [5, 5.41) is 1.26. The van der Waals surface area contributed by atoms with Crippen LogP contribution in [0.5, 0.6) is 0 Å². The molecule has 0 N–H and O–H groups in total. The van der Waals surface area contributed by atoms with Crippen molar-refractivity contribution in [1.29, 1.82) is 0 Å². The van der Waals surface area contributed by atoms with Gasteiger partial charge in [0.15, 0.2) is 0 Å². The summed E-state index contributed by atoms with van der Waals surface area (Å²) in [7, 11) is 0. The Labute approximate surface area is 86.3 Å². The van der Waals surface area contributed by atoms with E-state index in [2.05, 4.69) is 41.7 Å². The number of thiazole rings is 1. The fourth-order valence-corrected chi connectivity index (χ4v) is 3.18. The van der Waals surface area contributed by atoms with Gasteiger partial charge in [-0.15, -0.1) is 11.3 Å². The van der Waals surface area contributed by atoms with E-state index in [1.54, 1.807) is 11.3 Å². The fourth-order valence-electron chi connectivity index (χ4n) is 1.03. The predicted octanol–water partition coefficient (Wildman–Crippen LogP) is 3.98. The molecule has 1 aromatic heterocycles. The molecule has 1 heterocycles. The molecule has 0 aromatic carbocycles. The molecule has 0 spiro atoms. The minimum absolute atomic E-state index is 0.529. The van der Waals surface area contributed by atoms with Crippen LogP contribution in [0.2, 0.25) is 0 Å². The molecule has 0 radical (unpaired) electrons. The molecule has 0 aliphatic carbocycles. The monoisotopic (exact) mass is 247 g/mol. The van der Waals surface area contributed by atoms with Crippen molar-refractivity contribution in [2.24, 2.45) is 0 Å². The Balaban J connectivity index is 2.85. The van der Waals surface area contributed by atoms with Gasteiger partial charge < -0.3 is 0 Å². The number of aryl methyl sites for hydroxylation is 1. The van der Waals surface area contributed by atoms with Gasteiger partial charge in [-0.25, -0.2) is 4.98 Å². The van der Waals surface area contributed by atoms with Gasteiger partial charge in [0.25, 0.3) is 0 Å². The largest absolute Gasteiger partial charge is 0.245 e. The van der Waals surface area contributed by atoms with E-state index in [9.17, 15) is 0 Å². The van der Waals surface area contributed by atoms with Crippen molar-refractivity contribution >= 4 is 27.3 Å². The van der Waals surface area contributed by atoms with Crippen LogP contribution in [0.25, 0.3) is 0 Å². The highest BCUT2D eigenvalue weighted by molar-refractivity contribution is 9.11. The van der Waals surface area contributed by atoms with Crippen molar-refractivity contribution in [3.05, 3.63) is 14.5 Å². The van der Waals surface area contributed by atoms with Crippen molar-refractivity contribution in [3.8, 4) is 0 Å². The average molecular weight is 248 g/mol. The molecule has 3 heteroatoms. The Bertz CT molecular complexity index is 255. The van der Waals surface area contributed by atoms with E-state index in [0.717, 1.165) is 6.42 Å². The summed E-state index contributed by atoms with van der Waals surface area (Å²) < 4.78 is 1.21. The Kier molecular flexibility index (Phi) is 3.72. The zero-order chi connectivity index (χ0) is 9.14. The first kappa shape index (κ1) is 10.2. The van der Waals surface area contributed by atoms with Crippen LogP contribution in [0, 0.1) is 0 Å². The molecular formula is C9H14BrNS. The van der Waals surface area contributed by atoms with Crippen LogP contribution in [0.4, 0.5) is 0 Å². The van der Waals surface area contributed by atoms with Gasteiger partial charge in [-0.2, -0.15) is 0 Å². The van der Waals surface area contributed by atoms with Gasteiger partial charge >= 0.3 is 0 Å². The Morgan fingerprint density at radius 1 is 1.50 bits per heavy atom. The highest BCUT2D eigenvalue weighted by atomic mass is 79.9. The number of hydrogen-bond donors (Lipinski definition) is 0. The average Bonchev–Trinajstić information content (AvgIpc) is 2.32. The summed E-state index contributed by atoms with van der Waals surface area (Å²) in [6.45, 7) is 6.54. The highest BCUT2D eigenvalue weighted by Crippen LogP contribution is 2.30. The summed E-state index contributed by atoms with van der Waals surface area (Å²) in [6, 6.07) is 0. The summed E-state index contributed by atoms with van der Waals surface area (Å²) in [5.41, 5.74) is 1.21. The number of rotatable bonds is 3. The first-order valence-corrected chi connectivity index (χ1v) is 5.91. The zero-order valence-electron chi connectivity index (χ0n) is 7.72. The lowest BCUT2D eigenvalue weighted by atomic mass is 10.2. The second kappa shape index (κ2) is 4.38. The van der Waals surface area contributed by atoms with Gasteiger partial charge in [0.1, 0.15) is 0 Å². The van der Waals surface area contributed by atoms with Gasteiger partial charge in [-0.1, -0.05) is 20.8 Å². The molecule has 0 saturated carbocycles. The number of halogens is 1. The van der Waals surface area contributed by atoms with Crippen molar-refractivity contribution in [2.75, 3.05) is 0 Å². The van der Waals surface area contributed by atoms with Crippen molar-refractivity contribution in [3.63, 3.8) is 0 Å². The van der Waals surface area contributed by atoms with Crippen LogP contribution in [-0.4, -0.2) is 4.98 Å². The third kappa shape index (κ3) is 2.30. The smallest absolute Gasteiger partial charge is 0.0940 e. The molecule has 0 saturated heterocycles. The van der Waals surface area contributed by atoms with Crippen LogP contribution in [0.1, 0.15) is 43.8 Å². The van der Waals surface area contributed by atoms with E-state index in [1.165, 1.54) is 20.9 Å². The molecule has 0 aliphatic heterocycles. The molecular weight excluding hydrogens is 234 g/mol. The van der Waals surface area contributed by atoms with Crippen molar-refractivity contribution < 1.29 is 0 Å². The van der Waals surface area contributed by atoms with Gasteiger partial charge in [0.05, 0.1) is 14.5 Å². The third-order valence-electron chi connectivity index (χ3n) is 1.66. The summed E-state index contributed by atoms with van der Waals surface area (Å²) >= 11 is 5.32. The lowest BCUT2D eigenvalue weighted by Gasteiger charge is -1.98. The SMILES string of the molecule is CCCc1nc(C(C)C)c(Br)s1. The minimum Gasteiger partial charge on any atom is -0.245 e. The standard InChI is InChI=1S/C9H14BrNS/c1-4-5-7-11-8(6(2)3)9(10)12-7/h6H,4-5H2,1-3H3. The van der Waals surface area contributed by atoms with Crippen LogP contribution in [0.3, 0.4) is 0 Å². The molecule has 0 aliphatic rings. The lowest BCUT2D eigenvalue weighted by Crippen LogP contribution is -1.89. The molecule has 68 valence electrons. The summed E-state index contributed by atoms with van der Waals surface area (Å²) in [4.78, 5) is 4.57. The molecule has 0 fully saturated rings. The Morgan fingerprint density at radius 3 is 2.58 bits per heavy atom. The molecule has 1 rings (SSSR count). The Hall–Kier alpha value is 0.110. The quantitative estimate of drug-likeness (QED) is 0.788. The van der Waals surface area contributed by atoms with E-state index >= 15 is 0 Å².